The van der Waals surface area contributed by atoms with Crippen LogP contribution in [0.3, 0.4) is 0 Å². The molecule has 0 unspecified atom stereocenters. The van der Waals surface area contributed by atoms with Gasteiger partial charge in [-0.3, -0.25) is 9.59 Å². The Morgan fingerprint density at radius 1 is 1.25 bits per heavy atom. The SMILES string of the molecule is Cc1cc(C(=O)[C@@H]2CC(=O)Nc3c2c(C)nn3-c2ccc(C)c(Cl)c2)c(C)s1. The Balaban J connectivity index is 1.84. The molecule has 1 atom stereocenters. The number of ketones is 1. The highest BCUT2D eigenvalue weighted by Crippen LogP contribution is 2.39. The van der Waals surface area contributed by atoms with Crippen LogP contribution in [0, 0.1) is 27.7 Å². The van der Waals surface area contributed by atoms with Crippen molar-refractivity contribution < 1.29 is 9.59 Å². The number of halogens is 1. The molecule has 4 rings (SSSR count). The zero-order valence-electron chi connectivity index (χ0n) is 16.1. The molecule has 28 heavy (non-hydrogen) atoms. The van der Waals surface area contributed by atoms with Crippen LogP contribution in [0.1, 0.15) is 49.3 Å². The average molecular weight is 414 g/mol. The van der Waals surface area contributed by atoms with E-state index in [4.69, 9.17) is 11.6 Å². The first kappa shape index (κ1) is 18.9. The molecule has 0 bridgehead atoms. The van der Waals surface area contributed by atoms with Crippen LogP contribution in [0.5, 0.6) is 0 Å². The van der Waals surface area contributed by atoms with E-state index < -0.39 is 5.92 Å². The summed E-state index contributed by atoms with van der Waals surface area (Å²) in [4.78, 5) is 27.8. The number of Topliss-reactive ketones (excluding diaryl/α,β-unsaturated/α-hetero) is 1. The summed E-state index contributed by atoms with van der Waals surface area (Å²) in [6.07, 6.45) is 0.126. The van der Waals surface area contributed by atoms with Crippen LogP contribution >= 0.6 is 22.9 Å². The van der Waals surface area contributed by atoms with E-state index in [9.17, 15) is 9.59 Å². The normalized spacial score (nSPS) is 16.0. The van der Waals surface area contributed by atoms with Gasteiger partial charge in [-0.2, -0.15) is 5.10 Å². The lowest BCUT2D eigenvalue weighted by molar-refractivity contribution is -0.116. The second-order valence-electron chi connectivity index (χ2n) is 7.19. The van der Waals surface area contributed by atoms with Gasteiger partial charge in [0.1, 0.15) is 5.82 Å². The molecule has 3 heterocycles. The van der Waals surface area contributed by atoms with E-state index in [1.54, 1.807) is 16.0 Å². The Morgan fingerprint density at radius 2 is 2.00 bits per heavy atom. The molecule has 0 spiro atoms. The molecule has 0 fully saturated rings. The molecule has 1 aromatic carbocycles. The zero-order valence-corrected chi connectivity index (χ0v) is 17.7. The second-order valence-corrected chi connectivity index (χ2v) is 9.06. The predicted octanol–water partition coefficient (Wildman–Crippen LogP) is 5.13. The Labute approximate surface area is 172 Å². The fourth-order valence-electron chi connectivity index (χ4n) is 3.73. The molecule has 1 aliphatic rings. The molecule has 0 radical (unpaired) electrons. The van der Waals surface area contributed by atoms with Crippen LogP contribution in [0.4, 0.5) is 5.82 Å². The third-order valence-electron chi connectivity index (χ3n) is 5.13. The van der Waals surface area contributed by atoms with Crippen LogP contribution in [0.25, 0.3) is 5.69 Å². The van der Waals surface area contributed by atoms with Crippen molar-refractivity contribution in [3.05, 3.63) is 61.4 Å². The number of carbonyl (C=O) groups is 2. The van der Waals surface area contributed by atoms with Crippen molar-refractivity contribution in [2.24, 2.45) is 0 Å². The second kappa shape index (κ2) is 6.87. The summed E-state index contributed by atoms with van der Waals surface area (Å²) in [5.74, 6) is -0.194. The van der Waals surface area contributed by atoms with Gasteiger partial charge in [-0.05, 0) is 51.5 Å². The van der Waals surface area contributed by atoms with Crippen molar-refractivity contribution >= 4 is 40.4 Å². The summed E-state index contributed by atoms with van der Waals surface area (Å²) in [5.41, 5.74) is 3.91. The van der Waals surface area contributed by atoms with Crippen LogP contribution in [-0.4, -0.2) is 21.5 Å². The molecule has 0 saturated carbocycles. The Hall–Kier alpha value is -2.44. The first-order chi connectivity index (χ1) is 13.3. The van der Waals surface area contributed by atoms with Gasteiger partial charge in [0.05, 0.1) is 17.3 Å². The van der Waals surface area contributed by atoms with E-state index in [-0.39, 0.29) is 18.1 Å². The van der Waals surface area contributed by atoms with Crippen molar-refractivity contribution in [1.82, 2.24) is 9.78 Å². The lowest BCUT2D eigenvalue weighted by Gasteiger charge is -2.23. The number of aromatic nitrogens is 2. The van der Waals surface area contributed by atoms with E-state index in [0.717, 1.165) is 32.3 Å². The van der Waals surface area contributed by atoms with Gasteiger partial charge in [-0.15, -0.1) is 11.3 Å². The molecule has 7 heteroatoms. The largest absolute Gasteiger partial charge is 0.310 e. The maximum atomic E-state index is 13.3. The summed E-state index contributed by atoms with van der Waals surface area (Å²) in [6, 6.07) is 7.53. The quantitative estimate of drug-likeness (QED) is 0.605. The van der Waals surface area contributed by atoms with Crippen LogP contribution in [-0.2, 0) is 4.79 Å². The highest BCUT2D eigenvalue weighted by molar-refractivity contribution is 7.12. The van der Waals surface area contributed by atoms with E-state index >= 15 is 0 Å². The van der Waals surface area contributed by atoms with E-state index in [1.807, 2.05) is 52.0 Å². The van der Waals surface area contributed by atoms with E-state index in [2.05, 4.69) is 10.4 Å². The molecular formula is C21H20ClN3O2S. The predicted molar refractivity (Wildman–Crippen MR) is 112 cm³/mol. The average Bonchev–Trinajstić information content (AvgIpc) is 3.15. The van der Waals surface area contributed by atoms with Gasteiger partial charge in [-0.25, -0.2) is 4.68 Å². The molecule has 1 amide bonds. The van der Waals surface area contributed by atoms with Gasteiger partial charge in [-0.1, -0.05) is 17.7 Å². The number of hydrogen-bond donors (Lipinski definition) is 1. The van der Waals surface area contributed by atoms with Crippen LogP contribution in [0.15, 0.2) is 24.3 Å². The minimum absolute atomic E-state index is 0.0254. The van der Waals surface area contributed by atoms with E-state index in [1.165, 1.54) is 0 Å². The van der Waals surface area contributed by atoms with Crippen molar-refractivity contribution in [3.63, 3.8) is 0 Å². The minimum Gasteiger partial charge on any atom is -0.310 e. The summed E-state index contributed by atoms with van der Waals surface area (Å²) < 4.78 is 1.67. The summed E-state index contributed by atoms with van der Waals surface area (Å²) >= 11 is 7.88. The highest BCUT2D eigenvalue weighted by atomic mass is 35.5. The highest BCUT2D eigenvalue weighted by Gasteiger charge is 2.37. The molecular weight excluding hydrogens is 394 g/mol. The number of nitrogens with one attached hydrogen (secondary N) is 1. The minimum atomic E-state index is -0.536. The molecule has 5 nitrogen and oxygen atoms in total. The van der Waals surface area contributed by atoms with Gasteiger partial charge >= 0.3 is 0 Å². The maximum Gasteiger partial charge on any atom is 0.226 e. The number of rotatable bonds is 3. The standard InChI is InChI=1S/C21H20ClN3O2S/c1-10-5-6-14(8-17(10)22)25-21-19(12(3)24-25)16(9-18(26)23-21)20(27)15-7-11(2)28-13(15)4/h5-8,16H,9H2,1-4H3,(H,23,26)/t16-/m1/s1. The van der Waals surface area contributed by atoms with E-state index in [0.29, 0.717) is 16.4 Å². The number of hydrogen-bond acceptors (Lipinski definition) is 4. The van der Waals surface area contributed by atoms with Gasteiger partial charge in [0.15, 0.2) is 5.78 Å². The molecule has 3 aromatic rings. The van der Waals surface area contributed by atoms with Crippen molar-refractivity contribution in [2.75, 3.05) is 5.32 Å². The number of carbonyl (C=O) groups excluding carboxylic acids is 2. The Morgan fingerprint density at radius 3 is 2.64 bits per heavy atom. The lowest BCUT2D eigenvalue weighted by Crippen LogP contribution is -2.28. The summed E-state index contributed by atoms with van der Waals surface area (Å²) in [5, 5.41) is 8.15. The van der Waals surface area contributed by atoms with Crippen LogP contribution in [0.2, 0.25) is 5.02 Å². The van der Waals surface area contributed by atoms with Crippen LogP contribution < -0.4 is 5.32 Å². The van der Waals surface area contributed by atoms with Crippen molar-refractivity contribution in [2.45, 2.75) is 40.0 Å². The molecule has 1 aliphatic heterocycles. The number of anilines is 1. The lowest BCUT2D eigenvalue weighted by atomic mass is 9.85. The molecule has 2 aromatic heterocycles. The molecule has 0 aliphatic carbocycles. The fourth-order valence-corrected chi connectivity index (χ4v) is 4.84. The van der Waals surface area contributed by atoms with Gasteiger partial charge in [0.25, 0.3) is 0 Å². The number of nitrogens with zero attached hydrogens (tertiary/aromatic N) is 2. The first-order valence-electron chi connectivity index (χ1n) is 9.03. The zero-order chi connectivity index (χ0) is 20.2. The van der Waals surface area contributed by atoms with Gasteiger partial charge in [0, 0.05) is 32.3 Å². The number of thiophene rings is 1. The first-order valence-corrected chi connectivity index (χ1v) is 10.2. The van der Waals surface area contributed by atoms with Gasteiger partial charge in [0.2, 0.25) is 5.91 Å². The Bertz CT molecular complexity index is 1130. The smallest absolute Gasteiger partial charge is 0.226 e. The fraction of sp³-hybridized carbons (Fsp3) is 0.286. The molecule has 0 saturated heterocycles. The number of aryl methyl sites for hydroxylation is 4. The third kappa shape index (κ3) is 3.06. The van der Waals surface area contributed by atoms with Gasteiger partial charge < -0.3 is 5.32 Å². The number of benzene rings is 1. The van der Waals surface area contributed by atoms with Crippen molar-refractivity contribution in [1.29, 1.82) is 0 Å². The Kier molecular flexibility index (Phi) is 4.63. The topological polar surface area (TPSA) is 64.0 Å². The molecule has 144 valence electrons. The summed E-state index contributed by atoms with van der Waals surface area (Å²) in [6.45, 7) is 7.73. The summed E-state index contributed by atoms with van der Waals surface area (Å²) in [7, 11) is 0. The maximum absolute atomic E-state index is 13.3. The number of fused-ring (bicyclic) bond motifs is 1. The number of amides is 1. The van der Waals surface area contributed by atoms with Crippen molar-refractivity contribution in [3.8, 4) is 5.69 Å². The monoisotopic (exact) mass is 413 g/mol. The molecule has 1 N–H and O–H groups in total. The third-order valence-corrected chi connectivity index (χ3v) is 6.50.